The molecule has 3 aromatic carbocycles. The van der Waals surface area contributed by atoms with Crippen molar-refractivity contribution in [2.45, 2.75) is 116 Å². The minimum atomic E-state index is 0.670. The second-order valence-corrected chi connectivity index (χ2v) is 14.0. The van der Waals surface area contributed by atoms with E-state index in [0.29, 0.717) is 17.8 Å². The number of allylic oxidation sites excluding steroid dienone is 1. The van der Waals surface area contributed by atoms with E-state index in [1.165, 1.54) is 112 Å². The first kappa shape index (κ1) is 33.5. The third kappa shape index (κ3) is 9.58. The monoisotopic (exact) mass is 604 g/mol. The molecule has 3 aromatic rings. The summed E-state index contributed by atoms with van der Waals surface area (Å²) in [7, 11) is 0. The van der Waals surface area contributed by atoms with E-state index >= 15 is 0 Å². The summed E-state index contributed by atoms with van der Waals surface area (Å²) in [5.74, 6) is 2.08. The fraction of sp³-hybridized carbons (Fsp3) is 0.535. The smallest absolute Gasteiger partial charge is 0.0440 e. The van der Waals surface area contributed by atoms with Crippen molar-refractivity contribution in [3.63, 3.8) is 0 Å². The molecule has 3 unspecified atom stereocenters. The number of aryl methyl sites for hydroxylation is 3. The Morgan fingerprint density at radius 3 is 2.42 bits per heavy atom. The van der Waals surface area contributed by atoms with Crippen LogP contribution in [0.1, 0.15) is 118 Å². The van der Waals surface area contributed by atoms with Crippen molar-refractivity contribution in [2.75, 3.05) is 24.5 Å². The number of rotatable bonds is 16. The molecule has 242 valence electrons. The van der Waals surface area contributed by atoms with Gasteiger partial charge < -0.3 is 10.2 Å². The summed E-state index contributed by atoms with van der Waals surface area (Å²) >= 11 is 0. The van der Waals surface area contributed by atoms with E-state index in [-0.39, 0.29) is 0 Å². The average Bonchev–Trinajstić information content (AvgIpc) is 3.33. The summed E-state index contributed by atoms with van der Waals surface area (Å²) in [4.78, 5) is 2.57. The standard InChI is InChI=1S/C43H60N2/c1-4-6-8-16-34(3)45-33-36(31-40-21-13-14-23-43(40)45)26-29-41-32-44-30-15-22-42(41)39-27-24-35(25-28-39)17-9-7-10-19-38-20-12-11-18-37(38)5-2/h11-14,18,20-21,23-25,27-28,36,41-42,44H,3-10,15-17,19,22,26,29-33H2,1-2H3. The lowest BCUT2D eigenvalue weighted by Gasteiger charge is -2.38. The molecule has 0 spiro atoms. The SMILES string of the molecule is C=C(CCCCC)N1CC(CCC2CNCCCC2c2ccc(CCCCCc3ccccc3CC)cc2)Cc2ccccc21. The fourth-order valence-electron chi connectivity index (χ4n) is 8.09. The summed E-state index contributed by atoms with van der Waals surface area (Å²) in [5, 5.41) is 3.80. The Labute approximate surface area is 275 Å². The van der Waals surface area contributed by atoms with Crippen LogP contribution in [-0.4, -0.2) is 19.6 Å². The van der Waals surface area contributed by atoms with Gasteiger partial charge in [-0.05, 0) is 142 Å². The lowest BCUT2D eigenvalue weighted by atomic mass is 9.78. The van der Waals surface area contributed by atoms with Gasteiger partial charge in [-0.25, -0.2) is 0 Å². The minimum absolute atomic E-state index is 0.670. The topological polar surface area (TPSA) is 15.3 Å². The molecule has 2 heterocycles. The molecule has 0 radical (unpaired) electrons. The second-order valence-electron chi connectivity index (χ2n) is 14.0. The number of hydrogen-bond donors (Lipinski definition) is 1. The van der Waals surface area contributed by atoms with Crippen molar-refractivity contribution in [3.05, 3.63) is 113 Å². The Kier molecular flexibility index (Phi) is 13.2. The summed E-state index contributed by atoms with van der Waals surface area (Å²) in [6.07, 6.45) is 18.8. The van der Waals surface area contributed by atoms with Gasteiger partial charge in [0.05, 0.1) is 0 Å². The minimum Gasteiger partial charge on any atom is -0.345 e. The normalized spacial score (nSPS) is 20.0. The summed E-state index contributed by atoms with van der Waals surface area (Å²) in [6.45, 7) is 12.6. The summed E-state index contributed by atoms with van der Waals surface area (Å²) < 4.78 is 0. The number of hydrogen-bond acceptors (Lipinski definition) is 2. The van der Waals surface area contributed by atoms with Crippen molar-refractivity contribution in [2.24, 2.45) is 11.8 Å². The molecule has 0 bridgehead atoms. The first-order valence-electron chi connectivity index (χ1n) is 18.6. The van der Waals surface area contributed by atoms with E-state index in [1.807, 2.05) is 0 Å². The molecule has 2 aliphatic rings. The van der Waals surface area contributed by atoms with Crippen LogP contribution >= 0.6 is 0 Å². The van der Waals surface area contributed by atoms with Gasteiger partial charge in [-0.3, -0.25) is 0 Å². The van der Waals surface area contributed by atoms with Crippen LogP contribution in [0.15, 0.2) is 85.1 Å². The van der Waals surface area contributed by atoms with Crippen molar-refractivity contribution in [1.82, 2.24) is 5.32 Å². The lowest BCUT2D eigenvalue weighted by molar-refractivity contribution is 0.337. The van der Waals surface area contributed by atoms with Crippen LogP contribution in [-0.2, 0) is 25.7 Å². The van der Waals surface area contributed by atoms with Crippen LogP contribution in [0.4, 0.5) is 5.69 Å². The maximum atomic E-state index is 4.57. The summed E-state index contributed by atoms with van der Waals surface area (Å²) in [6, 6.07) is 27.9. The molecule has 5 rings (SSSR count). The number of anilines is 1. The van der Waals surface area contributed by atoms with Gasteiger partial charge in [0.25, 0.3) is 0 Å². The van der Waals surface area contributed by atoms with Gasteiger partial charge in [0, 0.05) is 17.9 Å². The van der Waals surface area contributed by atoms with E-state index in [2.05, 4.69) is 103 Å². The maximum absolute atomic E-state index is 4.57. The van der Waals surface area contributed by atoms with Gasteiger partial charge >= 0.3 is 0 Å². The molecule has 3 atom stereocenters. The molecule has 2 heteroatoms. The largest absolute Gasteiger partial charge is 0.345 e. The third-order valence-electron chi connectivity index (χ3n) is 10.8. The van der Waals surface area contributed by atoms with Crippen LogP contribution in [0.5, 0.6) is 0 Å². The summed E-state index contributed by atoms with van der Waals surface area (Å²) in [5.41, 5.74) is 10.4. The molecule has 0 saturated carbocycles. The van der Waals surface area contributed by atoms with Gasteiger partial charge in [-0.2, -0.15) is 0 Å². The van der Waals surface area contributed by atoms with Crippen LogP contribution < -0.4 is 10.2 Å². The number of unbranched alkanes of at least 4 members (excludes halogenated alkanes) is 4. The number of nitrogens with one attached hydrogen (secondary N) is 1. The number of benzene rings is 3. The average molecular weight is 605 g/mol. The highest BCUT2D eigenvalue weighted by molar-refractivity contribution is 5.59. The van der Waals surface area contributed by atoms with Gasteiger partial charge in [-0.15, -0.1) is 0 Å². The zero-order valence-electron chi connectivity index (χ0n) is 28.5. The number of para-hydroxylation sites is 1. The maximum Gasteiger partial charge on any atom is 0.0440 e. The highest BCUT2D eigenvalue weighted by Crippen LogP contribution is 2.38. The molecule has 2 aliphatic heterocycles. The van der Waals surface area contributed by atoms with E-state index in [0.717, 1.165) is 32.5 Å². The van der Waals surface area contributed by atoms with E-state index in [9.17, 15) is 0 Å². The lowest BCUT2D eigenvalue weighted by Crippen LogP contribution is -2.35. The van der Waals surface area contributed by atoms with Crippen LogP contribution in [0.2, 0.25) is 0 Å². The van der Waals surface area contributed by atoms with Crippen LogP contribution in [0.3, 0.4) is 0 Å². The zero-order chi connectivity index (χ0) is 31.3. The Bertz CT molecular complexity index is 1310. The molecule has 0 amide bonds. The van der Waals surface area contributed by atoms with E-state index in [1.54, 1.807) is 11.1 Å². The molecule has 45 heavy (non-hydrogen) atoms. The van der Waals surface area contributed by atoms with E-state index < -0.39 is 0 Å². The number of nitrogens with zero attached hydrogens (tertiary/aromatic N) is 1. The molecule has 1 N–H and O–H groups in total. The molecule has 2 nitrogen and oxygen atoms in total. The van der Waals surface area contributed by atoms with Crippen molar-refractivity contribution < 1.29 is 0 Å². The van der Waals surface area contributed by atoms with Gasteiger partial charge in [0.15, 0.2) is 0 Å². The molecule has 1 saturated heterocycles. The third-order valence-corrected chi connectivity index (χ3v) is 10.8. The van der Waals surface area contributed by atoms with Crippen LogP contribution in [0, 0.1) is 11.8 Å². The van der Waals surface area contributed by atoms with Gasteiger partial charge in [-0.1, -0.05) is 106 Å². The van der Waals surface area contributed by atoms with Crippen molar-refractivity contribution in [3.8, 4) is 0 Å². The molecule has 0 aromatic heterocycles. The predicted molar refractivity (Wildman–Crippen MR) is 195 cm³/mol. The van der Waals surface area contributed by atoms with Gasteiger partial charge in [0.2, 0.25) is 0 Å². The Morgan fingerprint density at radius 1 is 0.822 bits per heavy atom. The van der Waals surface area contributed by atoms with Crippen molar-refractivity contribution >= 4 is 5.69 Å². The Balaban J connectivity index is 1.14. The quantitative estimate of drug-likeness (QED) is 0.164. The molecule has 0 aliphatic carbocycles. The highest BCUT2D eigenvalue weighted by Gasteiger charge is 2.29. The zero-order valence-corrected chi connectivity index (χ0v) is 28.5. The first-order chi connectivity index (χ1) is 22.2. The Morgan fingerprint density at radius 2 is 1.60 bits per heavy atom. The molecular formula is C43H60N2. The Hall–Kier alpha value is -2.84. The molecule has 1 fully saturated rings. The van der Waals surface area contributed by atoms with Gasteiger partial charge in [0.1, 0.15) is 0 Å². The molecular weight excluding hydrogens is 544 g/mol. The highest BCUT2D eigenvalue weighted by atomic mass is 15.2. The second kappa shape index (κ2) is 17.7. The predicted octanol–water partition coefficient (Wildman–Crippen LogP) is 10.8. The first-order valence-corrected chi connectivity index (χ1v) is 18.6. The number of fused-ring (bicyclic) bond motifs is 1. The van der Waals surface area contributed by atoms with Crippen LogP contribution in [0.25, 0.3) is 0 Å². The fourth-order valence-corrected chi connectivity index (χ4v) is 8.09. The van der Waals surface area contributed by atoms with Crippen molar-refractivity contribution in [1.29, 1.82) is 0 Å². The van der Waals surface area contributed by atoms with E-state index in [4.69, 9.17) is 0 Å².